The zero-order valence-electron chi connectivity index (χ0n) is 20.2. The van der Waals surface area contributed by atoms with Crippen molar-refractivity contribution in [1.29, 1.82) is 0 Å². The molecule has 2 aromatic carbocycles. The van der Waals surface area contributed by atoms with Crippen LogP contribution in [0.4, 0.5) is 0 Å². The van der Waals surface area contributed by atoms with E-state index in [1.807, 2.05) is 18.2 Å². The minimum atomic E-state index is -3.59. The molecular formula is C25H29N3O5S2. The van der Waals surface area contributed by atoms with Gasteiger partial charge in [-0.15, -0.1) is 0 Å². The number of aromatic nitrogens is 1. The Morgan fingerprint density at radius 3 is 2.46 bits per heavy atom. The molecule has 0 radical (unpaired) electrons. The van der Waals surface area contributed by atoms with Crippen LogP contribution < -0.4 is 4.80 Å². The normalized spacial score (nSPS) is 14.7. The summed E-state index contributed by atoms with van der Waals surface area (Å²) in [6.07, 6.45) is 1.73. The van der Waals surface area contributed by atoms with Gasteiger partial charge in [-0.25, -0.2) is 8.42 Å². The average Bonchev–Trinajstić information content (AvgIpc) is 3.62. The molecule has 8 nitrogen and oxygen atoms in total. The van der Waals surface area contributed by atoms with Crippen LogP contribution in [0, 0.1) is 0 Å². The Labute approximate surface area is 208 Å². The molecule has 0 atom stereocenters. The van der Waals surface area contributed by atoms with Crippen LogP contribution in [-0.4, -0.2) is 48.9 Å². The maximum Gasteiger partial charge on any atom is 0.326 e. The van der Waals surface area contributed by atoms with E-state index in [9.17, 15) is 18.0 Å². The van der Waals surface area contributed by atoms with Gasteiger partial charge in [0, 0.05) is 18.7 Å². The van der Waals surface area contributed by atoms with Crippen LogP contribution in [0.15, 0.2) is 52.4 Å². The number of benzene rings is 2. The number of esters is 1. The molecule has 3 aromatic rings. The van der Waals surface area contributed by atoms with E-state index in [2.05, 4.69) is 18.8 Å². The second-order valence-electron chi connectivity index (χ2n) is 8.85. The van der Waals surface area contributed by atoms with Crippen LogP contribution in [0.1, 0.15) is 55.5 Å². The molecule has 1 aromatic heterocycles. The van der Waals surface area contributed by atoms with Gasteiger partial charge in [0.2, 0.25) is 10.0 Å². The van der Waals surface area contributed by atoms with E-state index in [1.165, 1.54) is 39.9 Å². The highest BCUT2D eigenvalue weighted by atomic mass is 32.2. The first-order chi connectivity index (χ1) is 16.6. The van der Waals surface area contributed by atoms with Crippen molar-refractivity contribution in [1.82, 2.24) is 8.87 Å². The molecule has 1 amide bonds. The number of fused-ring (bicyclic) bond motifs is 1. The minimum Gasteiger partial charge on any atom is -0.465 e. The van der Waals surface area contributed by atoms with Crippen molar-refractivity contribution in [3.05, 3.63) is 58.4 Å². The van der Waals surface area contributed by atoms with Crippen LogP contribution in [-0.2, 0) is 26.1 Å². The molecule has 4 rings (SSSR count). The smallest absolute Gasteiger partial charge is 0.326 e. The average molecular weight is 516 g/mol. The van der Waals surface area contributed by atoms with Crippen LogP contribution in [0.2, 0.25) is 0 Å². The van der Waals surface area contributed by atoms with E-state index in [0.29, 0.717) is 10.7 Å². The van der Waals surface area contributed by atoms with Gasteiger partial charge in [-0.3, -0.25) is 9.59 Å². The largest absolute Gasteiger partial charge is 0.465 e. The number of rotatable bonds is 8. The van der Waals surface area contributed by atoms with Gasteiger partial charge in [0.25, 0.3) is 5.91 Å². The highest BCUT2D eigenvalue weighted by Crippen LogP contribution is 2.30. The predicted molar refractivity (Wildman–Crippen MR) is 135 cm³/mol. The zero-order valence-corrected chi connectivity index (χ0v) is 21.9. The molecule has 0 bridgehead atoms. The quantitative estimate of drug-likeness (QED) is 0.424. The molecule has 10 heteroatoms. The lowest BCUT2D eigenvalue weighted by molar-refractivity contribution is -0.143. The summed E-state index contributed by atoms with van der Waals surface area (Å²) in [6.45, 7) is 6.14. The SMILES string of the molecule is CCOC(=O)Cn1c(=NC(=O)c2ccc(S(=O)(=O)N(C)C3CC3)cc2)sc2cc(C(C)C)ccc21. The van der Waals surface area contributed by atoms with Crippen molar-refractivity contribution in [2.75, 3.05) is 13.7 Å². The van der Waals surface area contributed by atoms with Crippen molar-refractivity contribution in [2.45, 2.75) is 57.0 Å². The van der Waals surface area contributed by atoms with Gasteiger partial charge in [0.05, 0.1) is 21.7 Å². The maximum atomic E-state index is 13.0. The summed E-state index contributed by atoms with van der Waals surface area (Å²) >= 11 is 1.33. The lowest BCUT2D eigenvalue weighted by Crippen LogP contribution is -2.28. The Hall–Kier alpha value is -2.82. The fourth-order valence-electron chi connectivity index (χ4n) is 3.74. The second-order valence-corrected chi connectivity index (χ2v) is 11.9. The number of carbonyl (C=O) groups excluding carboxylic acids is 2. The van der Waals surface area contributed by atoms with Gasteiger partial charge < -0.3 is 9.30 Å². The van der Waals surface area contributed by atoms with Gasteiger partial charge in [-0.05, 0) is 67.6 Å². The third kappa shape index (κ3) is 5.39. The van der Waals surface area contributed by atoms with Gasteiger partial charge in [0.15, 0.2) is 4.80 Å². The molecular weight excluding hydrogens is 486 g/mol. The number of sulfonamides is 1. The lowest BCUT2D eigenvalue weighted by atomic mass is 10.0. The molecule has 35 heavy (non-hydrogen) atoms. The van der Waals surface area contributed by atoms with Crippen molar-refractivity contribution >= 4 is 43.5 Å². The number of nitrogens with zero attached hydrogens (tertiary/aromatic N) is 3. The van der Waals surface area contributed by atoms with E-state index in [4.69, 9.17) is 4.74 Å². The zero-order chi connectivity index (χ0) is 25.3. The molecule has 186 valence electrons. The monoisotopic (exact) mass is 515 g/mol. The topological polar surface area (TPSA) is 98.0 Å². The molecule has 1 fully saturated rings. The maximum absolute atomic E-state index is 13.0. The lowest BCUT2D eigenvalue weighted by Gasteiger charge is -2.16. The Morgan fingerprint density at radius 1 is 1.17 bits per heavy atom. The van der Waals surface area contributed by atoms with Crippen LogP contribution >= 0.6 is 11.3 Å². The van der Waals surface area contributed by atoms with Crippen molar-refractivity contribution in [3.63, 3.8) is 0 Å². The molecule has 1 saturated carbocycles. The number of hydrogen-bond donors (Lipinski definition) is 0. The van der Waals surface area contributed by atoms with Crippen molar-refractivity contribution in [3.8, 4) is 0 Å². The summed E-state index contributed by atoms with van der Waals surface area (Å²) < 4.78 is 34.6. The van der Waals surface area contributed by atoms with Gasteiger partial charge in [-0.2, -0.15) is 9.30 Å². The predicted octanol–water partition coefficient (Wildman–Crippen LogP) is 3.91. The van der Waals surface area contributed by atoms with E-state index < -0.39 is 21.9 Å². The first kappa shape index (κ1) is 25.3. The van der Waals surface area contributed by atoms with E-state index in [1.54, 1.807) is 18.5 Å². The summed E-state index contributed by atoms with van der Waals surface area (Å²) in [7, 11) is -2.01. The van der Waals surface area contributed by atoms with Crippen molar-refractivity contribution in [2.24, 2.45) is 4.99 Å². The number of ether oxygens (including phenoxy) is 1. The summed E-state index contributed by atoms with van der Waals surface area (Å²) in [5.41, 5.74) is 2.21. The summed E-state index contributed by atoms with van der Waals surface area (Å²) in [5.74, 6) is -0.600. The third-order valence-corrected chi connectivity index (χ3v) is 8.97. The number of thiazole rings is 1. The number of hydrogen-bond acceptors (Lipinski definition) is 6. The highest BCUT2D eigenvalue weighted by molar-refractivity contribution is 7.89. The highest BCUT2D eigenvalue weighted by Gasteiger charge is 2.35. The van der Waals surface area contributed by atoms with Crippen molar-refractivity contribution < 1.29 is 22.7 Å². The standard InChI is InChI=1S/C25H29N3O5S2/c1-5-33-23(29)15-28-21-13-8-18(16(2)3)14-22(21)34-25(28)26-24(30)17-6-11-20(12-7-17)35(31,32)27(4)19-9-10-19/h6-8,11-14,16,19H,5,9-10,15H2,1-4H3. The number of carbonyl (C=O) groups is 2. The molecule has 0 N–H and O–H groups in total. The Kier molecular flexibility index (Phi) is 7.25. The van der Waals surface area contributed by atoms with Crippen LogP contribution in [0.25, 0.3) is 10.2 Å². The summed E-state index contributed by atoms with van der Waals surface area (Å²) in [4.78, 5) is 30.1. The molecule has 0 unspecified atom stereocenters. The fourth-order valence-corrected chi connectivity index (χ4v) is 6.24. The fraction of sp³-hybridized carbons (Fsp3) is 0.400. The summed E-state index contributed by atoms with van der Waals surface area (Å²) in [5, 5.41) is 0. The van der Waals surface area contributed by atoms with Gasteiger partial charge in [-0.1, -0.05) is 31.3 Å². The molecule has 0 aliphatic heterocycles. The van der Waals surface area contributed by atoms with E-state index in [-0.39, 0.29) is 29.7 Å². The molecule has 1 aliphatic rings. The van der Waals surface area contributed by atoms with E-state index >= 15 is 0 Å². The summed E-state index contributed by atoms with van der Waals surface area (Å²) in [6, 6.07) is 11.8. The van der Waals surface area contributed by atoms with E-state index in [0.717, 1.165) is 28.6 Å². The molecule has 1 heterocycles. The van der Waals surface area contributed by atoms with Gasteiger partial charge in [0.1, 0.15) is 6.54 Å². The molecule has 1 aliphatic carbocycles. The minimum absolute atomic E-state index is 0.0512. The van der Waals surface area contributed by atoms with Gasteiger partial charge >= 0.3 is 5.97 Å². The molecule has 0 saturated heterocycles. The first-order valence-corrected chi connectivity index (χ1v) is 13.8. The Balaban J connectivity index is 1.69. The third-order valence-electron chi connectivity index (χ3n) is 6.00. The first-order valence-electron chi connectivity index (χ1n) is 11.6. The second kappa shape index (κ2) is 10.0. The van der Waals surface area contributed by atoms with Crippen LogP contribution in [0.3, 0.4) is 0 Å². The Bertz CT molecular complexity index is 1430. The number of amides is 1. The molecule has 0 spiro atoms. The Morgan fingerprint density at radius 2 is 1.86 bits per heavy atom. The van der Waals surface area contributed by atoms with Crippen LogP contribution in [0.5, 0.6) is 0 Å².